The highest BCUT2D eigenvalue weighted by Crippen LogP contribution is 2.19. The monoisotopic (exact) mass is 532 g/mol. The van der Waals surface area contributed by atoms with Crippen LogP contribution in [-0.4, -0.2) is 0 Å². The van der Waals surface area contributed by atoms with Crippen molar-refractivity contribution in [3.8, 4) is 47.4 Å². The van der Waals surface area contributed by atoms with Crippen molar-refractivity contribution in [3.63, 3.8) is 0 Å². The quantitative estimate of drug-likeness (QED) is 0.170. The molecule has 0 aliphatic rings. The molecule has 0 saturated carbocycles. The van der Waals surface area contributed by atoms with E-state index in [1.807, 2.05) is 24.3 Å². The van der Waals surface area contributed by atoms with Gasteiger partial charge in [0.2, 0.25) is 0 Å². The molecule has 2 aromatic heterocycles. The summed E-state index contributed by atoms with van der Waals surface area (Å²) in [5.41, 5.74) is 2.76. The molecule has 3 aromatic rings. The molecule has 2 heterocycles. The molecule has 0 spiro atoms. The lowest BCUT2D eigenvalue weighted by molar-refractivity contribution is 0.670. The second kappa shape index (κ2) is 17.2. The van der Waals surface area contributed by atoms with E-state index in [0.29, 0.717) is 0 Å². The minimum Gasteiger partial charge on any atom is -0.132 e. The van der Waals surface area contributed by atoms with E-state index < -0.39 is 0 Å². The van der Waals surface area contributed by atoms with Gasteiger partial charge in [0.1, 0.15) is 0 Å². The molecule has 0 aliphatic heterocycles. The van der Waals surface area contributed by atoms with Crippen molar-refractivity contribution < 1.29 is 0 Å². The third kappa shape index (κ3) is 10.5. The Kier molecular flexibility index (Phi) is 13.2. The molecule has 0 radical (unpaired) electrons. The molecule has 0 saturated heterocycles. The Morgan fingerprint density at radius 1 is 0.632 bits per heavy atom. The van der Waals surface area contributed by atoms with E-state index in [2.05, 4.69) is 92.1 Å². The highest BCUT2D eigenvalue weighted by atomic mass is 32.1. The summed E-state index contributed by atoms with van der Waals surface area (Å²) in [7, 11) is 0. The molecule has 0 unspecified atom stereocenters. The van der Waals surface area contributed by atoms with Gasteiger partial charge in [0.15, 0.2) is 0 Å². The number of benzene rings is 1. The Morgan fingerprint density at radius 3 is 1.74 bits per heavy atom. The molecule has 0 N–H and O–H groups in total. The molecule has 192 valence electrons. The number of hydrogen-bond donors (Lipinski definition) is 0. The van der Waals surface area contributed by atoms with Crippen LogP contribution >= 0.6 is 22.7 Å². The van der Waals surface area contributed by atoms with E-state index in [4.69, 9.17) is 0 Å². The summed E-state index contributed by atoms with van der Waals surface area (Å²) in [4.78, 5) is 4.97. The number of aryl methyl sites for hydroxylation is 2. The van der Waals surface area contributed by atoms with Crippen LogP contribution < -0.4 is 0 Å². The maximum absolute atomic E-state index is 3.94. The van der Waals surface area contributed by atoms with Crippen LogP contribution in [0.3, 0.4) is 0 Å². The zero-order chi connectivity index (χ0) is 26.8. The van der Waals surface area contributed by atoms with Crippen LogP contribution in [0.5, 0.6) is 0 Å². The number of unbranched alkanes of at least 4 members (excludes halogenated alkanes) is 6. The van der Waals surface area contributed by atoms with E-state index in [0.717, 1.165) is 39.3 Å². The van der Waals surface area contributed by atoms with Crippen molar-refractivity contribution in [2.75, 3.05) is 0 Å². The average Bonchev–Trinajstić information content (AvgIpc) is 3.59. The average molecular weight is 533 g/mol. The minimum atomic E-state index is 0.902. The summed E-state index contributed by atoms with van der Waals surface area (Å²) in [5, 5.41) is 0. The first-order chi connectivity index (χ1) is 18.7. The molecular weight excluding hydrogens is 497 g/mol. The van der Waals surface area contributed by atoms with E-state index in [-0.39, 0.29) is 0 Å². The topological polar surface area (TPSA) is 0 Å². The third-order valence-corrected chi connectivity index (χ3v) is 8.17. The van der Waals surface area contributed by atoms with Gasteiger partial charge in [-0.2, -0.15) is 0 Å². The largest absolute Gasteiger partial charge is 0.132 e. The lowest BCUT2D eigenvalue weighted by Gasteiger charge is -1.98. The van der Waals surface area contributed by atoms with Gasteiger partial charge in [0.05, 0.1) is 9.75 Å². The van der Waals surface area contributed by atoms with Gasteiger partial charge in [-0.3, -0.25) is 0 Å². The molecule has 38 heavy (non-hydrogen) atoms. The standard InChI is InChI=1S/C36H36S2/c1-4-7-9-11-19-33-25-27-35(37-33)21-15-13-17-30-23-24-32(31(6-3)29-30)18-14-16-22-36-28-26-34(38-36)20-12-10-8-5-2/h6,23-29H,3-5,7-12,19-20H2,1-2H3. The Hall–Kier alpha value is -3.40. The molecule has 3 rings (SSSR count). The maximum Gasteiger partial charge on any atom is 0.0781 e. The minimum absolute atomic E-state index is 0.902. The highest BCUT2D eigenvalue weighted by Gasteiger charge is 2.00. The predicted octanol–water partition coefficient (Wildman–Crippen LogP) is 9.50. The molecule has 0 bridgehead atoms. The van der Waals surface area contributed by atoms with Crippen LogP contribution in [0.2, 0.25) is 0 Å². The number of hydrogen-bond acceptors (Lipinski definition) is 2. The zero-order valence-corrected chi connectivity index (χ0v) is 24.3. The van der Waals surface area contributed by atoms with Crippen LogP contribution in [0.15, 0.2) is 49.0 Å². The zero-order valence-electron chi connectivity index (χ0n) is 22.7. The molecule has 0 fully saturated rings. The SMILES string of the molecule is C=Cc1cc(C#CC#Cc2ccc(CCCCCC)s2)ccc1C#CC#Cc1ccc(CCCCCC)s1. The van der Waals surface area contributed by atoms with Gasteiger partial charge in [-0.25, -0.2) is 0 Å². The van der Waals surface area contributed by atoms with Crippen LogP contribution in [0.1, 0.15) is 101 Å². The number of rotatable bonds is 11. The Morgan fingerprint density at radius 2 is 1.18 bits per heavy atom. The normalized spacial score (nSPS) is 9.63. The number of thiophene rings is 2. The van der Waals surface area contributed by atoms with Crippen LogP contribution in [0.4, 0.5) is 0 Å². The smallest absolute Gasteiger partial charge is 0.0781 e. The van der Waals surface area contributed by atoms with Crippen molar-refractivity contribution >= 4 is 28.7 Å². The van der Waals surface area contributed by atoms with E-state index in [9.17, 15) is 0 Å². The first kappa shape index (κ1) is 29.2. The van der Waals surface area contributed by atoms with E-state index >= 15 is 0 Å². The first-order valence-corrected chi connectivity index (χ1v) is 15.3. The van der Waals surface area contributed by atoms with Gasteiger partial charge in [-0.1, -0.05) is 76.9 Å². The Bertz CT molecular complexity index is 1430. The molecule has 0 atom stereocenters. The fourth-order valence-electron chi connectivity index (χ4n) is 3.92. The first-order valence-electron chi connectivity index (χ1n) is 13.7. The van der Waals surface area contributed by atoms with Crippen molar-refractivity contribution in [2.24, 2.45) is 0 Å². The summed E-state index contributed by atoms with van der Waals surface area (Å²) in [6.07, 6.45) is 14.4. The van der Waals surface area contributed by atoms with Crippen LogP contribution in [-0.2, 0) is 12.8 Å². The van der Waals surface area contributed by atoms with Crippen molar-refractivity contribution in [1.82, 2.24) is 0 Å². The van der Waals surface area contributed by atoms with Gasteiger partial charge in [-0.15, -0.1) is 22.7 Å². The summed E-state index contributed by atoms with van der Waals surface area (Å²) in [6, 6.07) is 14.6. The second-order valence-corrected chi connectivity index (χ2v) is 11.5. The van der Waals surface area contributed by atoms with Gasteiger partial charge in [0.25, 0.3) is 0 Å². The maximum atomic E-state index is 3.94. The molecule has 0 amide bonds. The summed E-state index contributed by atoms with van der Waals surface area (Å²) >= 11 is 3.56. The van der Waals surface area contributed by atoms with Gasteiger partial charge >= 0.3 is 0 Å². The predicted molar refractivity (Wildman–Crippen MR) is 168 cm³/mol. The molecule has 2 heteroatoms. The second-order valence-electron chi connectivity index (χ2n) is 9.16. The van der Waals surface area contributed by atoms with Crippen molar-refractivity contribution in [2.45, 2.75) is 78.1 Å². The van der Waals surface area contributed by atoms with Crippen LogP contribution in [0.25, 0.3) is 6.08 Å². The fourth-order valence-corrected chi connectivity index (χ4v) is 5.73. The summed E-state index contributed by atoms with van der Waals surface area (Å²) in [5.74, 6) is 24.6. The Balaban J connectivity index is 1.56. The highest BCUT2D eigenvalue weighted by molar-refractivity contribution is 7.12. The van der Waals surface area contributed by atoms with E-state index in [1.165, 1.54) is 61.1 Å². The molecule has 0 nitrogen and oxygen atoms in total. The lowest BCUT2D eigenvalue weighted by atomic mass is 10.0. The van der Waals surface area contributed by atoms with E-state index in [1.54, 1.807) is 22.7 Å². The third-order valence-electron chi connectivity index (χ3n) is 6.05. The van der Waals surface area contributed by atoms with Crippen molar-refractivity contribution in [3.05, 3.63) is 85.2 Å². The lowest BCUT2D eigenvalue weighted by Crippen LogP contribution is -1.84. The van der Waals surface area contributed by atoms with Crippen LogP contribution in [0, 0.1) is 47.4 Å². The Labute approximate surface area is 238 Å². The summed E-state index contributed by atoms with van der Waals surface area (Å²) < 4.78 is 0. The van der Waals surface area contributed by atoms with Gasteiger partial charge in [0, 0.05) is 20.9 Å². The fraction of sp³-hybridized carbons (Fsp3) is 0.333. The van der Waals surface area contributed by atoms with Crippen molar-refractivity contribution in [1.29, 1.82) is 0 Å². The molecule has 0 aliphatic carbocycles. The summed E-state index contributed by atoms with van der Waals surface area (Å²) in [6.45, 7) is 8.43. The van der Waals surface area contributed by atoms with Gasteiger partial charge in [-0.05, 0) is 109 Å². The molecule has 1 aromatic carbocycles. The van der Waals surface area contributed by atoms with Gasteiger partial charge < -0.3 is 0 Å². The molecular formula is C36H36S2.